The summed E-state index contributed by atoms with van der Waals surface area (Å²) in [5.74, 6) is 0.484. The van der Waals surface area contributed by atoms with Gasteiger partial charge in [-0.2, -0.15) is 4.98 Å². The highest BCUT2D eigenvalue weighted by atomic mass is 35.5. The van der Waals surface area contributed by atoms with Crippen LogP contribution in [-0.4, -0.2) is 26.5 Å². The number of aromatic nitrogens is 3. The fraction of sp³-hybridized carbons (Fsp3) is 0.0588. The van der Waals surface area contributed by atoms with Crippen LogP contribution < -0.4 is 5.69 Å². The summed E-state index contributed by atoms with van der Waals surface area (Å²) in [6.07, 6.45) is 0. The van der Waals surface area contributed by atoms with Gasteiger partial charge in [-0.05, 0) is 24.3 Å². The number of aromatic amines is 1. The molecule has 0 aliphatic heterocycles. The zero-order valence-electron chi connectivity index (χ0n) is 12.4. The van der Waals surface area contributed by atoms with Crippen LogP contribution in [0.2, 0.25) is 5.02 Å². The van der Waals surface area contributed by atoms with Gasteiger partial charge in [0.1, 0.15) is 5.82 Å². The number of halogens is 1. The Kier molecular flexibility index (Phi) is 5.08. The molecule has 0 atom stereocenters. The molecular weight excluding hydrogens is 346 g/mol. The van der Waals surface area contributed by atoms with Gasteiger partial charge in [0.05, 0.1) is 5.75 Å². The number of nitrogens with one attached hydrogen (secondary N) is 1. The number of thioether (sulfide) groups is 1. The second-order valence-corrected chi connectivity index (χ2v) is 6.25. The Hall–Kier alpha value is -2.44. The number of Topliss-reactive ketones (excluding diaryl/α,β-unsaturated/α-hetero) is 1. The van der Waals surface area contributed by atoms with Crippen LogP contribution >= 0.6 is 23.4 Å². The van der Waals surface area contributed by atoms with Crippen LogP contribution in [0.15, 0.2) is 64.5 Å². The molecular formula is C17H12ClN3O2S. The van der Waals surface area contributed by atoms with Gasteiger partial charge < -0.3 is 0 Å². The summed E-state index contributed by atoms with van der Waals surface area (Å²) >= 11 is 6.93. The summed E-state index contributed by atoms with van der Waals surface area (Å²) in [5.41, 5.74) is 0.841. The monoisotopic (exact) mass is 357 g/mol. The standard InChI is InChI=1S/C17H12ClN3O2S/c18-13-8-6-11(7-9-13)14(22)10-24-17-20-15(19-16(23)21-17)12-4-2-1-3-5-12/h1-9H,10H2,(H,19,20,21,23). The lowest BCUT2D eigenvalue weighted by atomic mass is 10.1. The van der Waals surface area contributed by atoms with Crippen molar-refractivity contribution in [3.8, 4) is 11.4 Å². The number of nitrogens with zero attached hydrogens (tertiary/aromatic N) is 2. The lowest BCUT2D eigenvalue weighted by Gasteiger charge is -2.03. The van der Waals surface area contributed by atoms with Crippen molar-refractivity contribution < 1.29 is 4.79 Å². The minimum Gasteiger partial charge on any atom is -0.293 e. The topological polar surface area (TPSA) is 75.7 Å². The fourth-order valence-electron chi connectivity index (χ4n) is 2.01. The highest BCUT2D eigenvalue weighted by molar-refractivity contribution is 7.99. The van der Waals surface area contributed by atoms with E-state index in [9.17, 15) is 9.59 Å². The van der Waals surface area contributed by atoms with Crippen LogP contribution in [-0.2, 0) is 0 Å². The number of rotatable bonds is 5. The zero-order valence-corrected chi connectivity index (χ0v) is 14.0. The molecule has 0 fully saturated rings. The molecule has 2 aromatic carbocycles. The number of benzene rings is 2. The van der Waals surface area contributed by atoms with Crippen LogP contribution in [0.4, 0.5) is 0 Å². The van der Waals surface area contributed by atoms with Crippen LogP contribution in [0.3, 0.4) is 0 Å². The smallest absolute Gasteiger partial charge is 0.293 e. The molecule has 0 spiro atoms. The van der Waals surface area contributed by atoms with E-state index < -0.39 is 5.69 Å². The molecule has 0 bridgehead atoms. The van der Waals surface area contributed by atoms with E-state index in [1.807, 2.05) is 30.3 Å². The number of H-pyrrole nitrogens is 1. The van der Waals surface area contributed by atoms with Gasteiger partial charge in [0, 0.05) is 16.1 Å². The Balaban J connectivity index is 1.76. The third kappa shape index (κ3) is 4.10. The van der Waals surface area contributed by atoms with E-state index in [0.717, 1.165) is 17.3 Å². The van der Waals surface area contributed by atoms with Gasteiger partial charge in [0.15, 0.2) is 10.9 Å². The van der Waals surface area contributed by atoms with E-state index in [4.69, 9.17) is 11.6 Å². The third-order valence-electron chi connectivity index (χ3n) is 3.18. The number of ketones is 1. The minimum absolute atomic E-state index is 0.0817. The number of hydrogen-bond donors (Lipinski definition) is 1. The first-order chi connectivity index (χ1) is 11.6. The molecule has 0 unspecified atom stereocenters. The van der Waals surface area contributed by atoms with Crippen molar-refractivity contribution in [3.63, 3.8) is 0 Å². The van der Waals surface area contributed by atoms with E-state index in [2.05, 4.69) is 15.0 Å². The summed E-state index contributed by atoms with van der Waals surface area (Å²) in [4.78, 5) is 34.6. The van der Waals surface area contributed by atoms with Crippen molar-refractivity contribution in [3.05, 3.63) is 75.7 Å². The van der Waals surface area contributed by atoms with E-state index in [1.165, 1.54) is 0 Å². The van der Waals surface area contributed by atoms with Crippen LogP contribution in [0, 0.1) is 0 Å². The normalized spacial score (nSPS) is 10.5. The Bertz CT molecular complexity index is 911. The molecule has 5 nitrogen and oxygen atoms in total. The van der Waals surface area contributed by atoms with Crippen molar-refractivity contribution in [2.75, 3.05) is 5.75 Å². The highest BCUT2D eigenvalue weighted by Crippen LogP contribution is 2.18. The Morgan fingerprint density at radius 3 is 2.46 bits per heavy atom. The largest absolute Gasteiger partial charge is 0.349 e. The summed E-state index contributed by atoms with van der Waals surface area (Å²) in [6.45, 7) is 0. The maximum atomic E-state index is 12.2. The van der Waals surface area contributed by atoms with Crippen LogP contribution in [0.1, 0.15) is 10.4 Å². The summed E-state index contributed by atoms with van der Waals surface area (Å²) < 4.78 is 0. The second kappa shape index (κ2) is 7.42. The van der Waals surface area contributed by atoms with Crippen molar-refractivity contribution in [1.82, 2.24) is 15.0 Å². The van der Waals surface area contributed by atoms with Gasteiger partial charge in [0.25, 0.3) is 0 Å². The predicted molar refractivity (Wildman–Crippen MR) is 94.6 cm³/mol. The molecule has 24 heavy (non-hydrogen) atoms. The van der Waals surface area contributed by atoms with E-state index >= 15 is 0 Å². The highest BCUT2D eigenvalue weighted by Gasteiger charge is 2.10. The molecule has 0 radical (unpaired) electrons. The average Bonchev–Trinajstić information content (AvgIpc) is 2.60. The molecule has 1 heterocycles. The SMILES string of the molecule is O=C(CSc1nc(-c2ccccc2)[nH]c(=O)n1)c1ccc(Cl)cc1. The molecule has 0 saturated carbocycles. The quantitative estimate of drug-likeness (QED) is 0.559. The molecule has 1 N–H and O–H groups in total. The molecule has 0 aliphatic carbocycles. The summed E-state index contributed by atoms with van der Waals surface area (Å²) in [6, 6.07) is 15.9. The predicted octanol–water partition coefficient (Wildman–Crippen LogP) is 3.46. The van der Waals surface area contributed by atoms with Crippen molar-refractivity contribution in [2.24, 2.45) is 0 Å². The Morgan fingerprint density at radius 1 is 1.04 bits per heavy atom. The van der Waals surface area contributed by atoms with Crippen molar-refractivity contribution >= 4 is 29.1 Å². The van der Waals surface area contributed by atoms with Crippen LogP contribution in [0.5, 0.6) is 0 Å². The third-order valence-corrected chi connectivity index (χ3v) is 4.28. The van der Waals surface area contributed by atoms with Gasteiger partial charge in [-0.15, -0.1) is 0 Å². The molecule has 120 valence electrons. The van der Waals surface area contributed by atoms with Crippen molar-refractivity contribution in [2.45, 2.75) is 5.16 Å². The number of carbonyl (C=O) groups is 1. The van der Waals surface area contributed by atoms with Gasteiger partial charge in [0.2, 0.25) is 0 Å². The van der Waals surface area contributed by atoms with Gasteiger partial charge in [-0.25, -0.2) is 9.78 Å². The van der Waals surface area contributed by atoms with E-state index in [1.54, 1.807) is 24.3 Å². The Labute approximate surface area is 147 Å². The Morgan fingerprint density at radius 2 is 1.75 bits per heavy atom. The van der Waals surface area contributed by atoms with E-state index in [-0.39, 0.29) is 16.7 Å². The minimum atomic E-state index is -0.495. The first-order valence-corrected chi connectivity index (χ1v) is 8.43. The first kappa shape index (κ1) is 16.4. The molecule has 7 heteroatoms. The van der Waals surface area contributed by atoms with E-state index in [0.29, 0.717) is 16.4 Å². The van der Waals surface area contributed by atoms with Gasteiger partial charge in [-0.3, -0.25) is 9.78 Å². The molecule has 3 aromatic rings. The fourth-order valence-corrected chi connectivity index (χ4v) is 2.87. The van der Waals surface area contributed by atoms with Crippen molar-refractivity contribution in [1.29, 1.82) is 0 Å². The van der Waals surface area contributed by atoms with Crippen LogP contribution in [0.25, 0.3) is 11.4 Å². The number of hydrogen-bond acceptors (Lipinski definition) is 5. The maximum Gasteiger partial charge on any atom is 0.349 e. The maximum absolute atomic E-state index is 12.2. The summed E-state index contributed by atoms with van der Waals surface area (Å²) in [7, 11) is 0. The van der Waals surface area contributed by atoms with Gasteiger partial charge >= 0.3 is 5.69 Å². The second-order valence-electron chi connectivity index (χ2n) is 4.87. The lowest BCUT2D eigenvalue weighted by Crippen LogP contribution is -2.15. The molecule has 0 amide bonds. The van der Waals surface area contributed by atoms with Gasteiger partial charge in [-0.1, -0.05) is 53.7 Å². The molecule has 0 aliphatic rings. The zero-order chi connectivity index (χ0) is 16.9. The molecule has 0 saturated heterocycles. The first-order valence-electron chi connectivity index (χ1n) is 7.07. The lowest BCUT2D eigenvalue weighted by molar-refractivity contribution is 0.102. The summed E-state index contributed by atoms with van der Waals surface area (Å²) in [5, 5.41) is 0.838. The number of carbonyl (C=O) groups excluding carboxylic acids is 1. The molecule has 1 aromatic heterocycles. The average molecular weight is 358 g/mol. The molecule has 3 rings (SSSR count).